The fourth-order valence-electron chi connectivity index (χ4n) is 2.04. The SMILES string of the molecule is C=CCN1CCc2c(N)cccc2C1. The highest BCUT2D eigenvalue weighted by Crippen LogP contribution is 2.23. The number of anilines is 1. The van der Waals surface area contributed by atoms with Crippen LogP contribution in [0.3, 0.4) is 0 Å². The van der Waals surface area contributed by atoms with Crippen LogP contribution in [0.25, 0.3) is 0 Å². The molecule has 1 aliphatic rings. The van der Waals surface area contributed by atoms with E-state index >= 15 is 0 Å². The minimum atomic E-state index is 0.945. The Morgan fingerprint density at radius 3 is 3.14 bits per heavy atom. The third-order valence-corrected chi connectivity index (χ3v) is 2.77. The van der Waals surface area contributed by atoms with Crippen LogP contribution in [-0.4, -0.2) is 18.0 Å². The standard InChI is InChI=1S/C12H16N2/c1-2-7-14-8-6-11-10(9-14)4-3-5-12(11)13/h2-5H,1,6-9,13H2. The Labute approximate surface area is 85.0 Å². The average Bonchev–Trinajstić information content (AvgIpc) is 2.18. The molecule has 2 nitrogen and oxygen atoms in total. The van der Waals surface area contributed by atoms with Crippen LogP contribution < -0.4 is 5.73 Å². The molecule has 0 atom stereocenters. The first kappa shape index (κ1) is 9.28. The van der Waals surface area contributed by atoms with Crippen molar-refractivity contribution in [3.63, 3.8) is 0 Å². The van der Waals surface area contributed by atoms with Crippen molar-refractivity contribution in [3.8, 4) is 0 Å². The molecule has 2 heteroatoms. The van der Waals surface area contributed by atoms with Crippen LogP contribution in [0.4, 0.5) is 5.69 Å². The van der Waals surface area contributed by atoms with Crippen molar-refractivity contribution in [3.05, 3.63) is 42.0 Å². The van der Waals surface area contributed by atoms with Gasteiger partial charge in [-0.25, -0.2) is 0 Å². The molecule has 2 rings (SSSR count). The molecule has 1 aromatic rings. The van der Waals surface area contributed by atoms with Gasteiger partial charge in [0.05, 0.1) is 0 Å². The molecular weight excluding hydrogens is 172 g/mol. The number of nitrogens with two attached hydrogens (primary N) is 1. The van der Waals surface area contributed by atoms with Crippen molar-refractivity contribution in [2.24, 2.45) is 0 Å². The summed E-state index contributed by atoms with van der Waals surface area (Å²) in [5, 5.41) is 0. The van der Waals surface area contributed by atoms with E-state index in [1.165, 1.54) is 11.1 Å². The van der Waals surface area contributed by atoms with E-state index in [0.717, 1.165) is 31.7 Å². The largest absolute Gasteiger partial charge is 0.398 e. The van der Waals surface area contributed by atoms with Gasteiger partial charge in [-0.05, 0) is 23.6 Å². The topological polar surface area (TPSA) is 29.3 Å². The minimum absolute atomic E-state index is 0.945. The summed E-state index contributed by atoms with van der Waals surface area (Å²) < 4.78 is 0. The Morgan fingerprint density at radius 1 is 1.50 bits per heavy atom. The van der Waals surface area contributed by atoms with Gasteiger partial charge >= 0.3 is 0 Å². The molecule has 14 heavy (non-hydrogen) atoms. The second-order valence-corrected chi connectivity index (χ2v) is 3.76. The zero-order valence-electron chi connectivity index (χ0n) is 8.37. The molecule has 0 aliphatic carbocycles. The molecule has 2 N–H and O–H groups in total. The van der Waals surface area contributed by atoms with E-state index in [1.807, 2.05) is 18.2 Å². The number of nitrogen functional groups attached to an aromatic ring is 1. The van der Waals surface area contributed by atoms with Crippen LogP contribution in [0.2, 0.25) is 0 Å². The number of hydrogen-bond acceptors (Lipinski definition) is 2. The summed E-state index contributed by atoms with van der Waals surface area (Å²) in [4.78, 5) is 2.38. The predicted molar refractivity (Wildman–Crippen MR) is 60.0 cm³/mol. The lowest BCUT2D eigenvalue weighted by Crippen LogP contribution is -2.30. The highest BCUT2D eigenvalue weighted by molar-refractivity contribution is 5.51. The van der Waals surface area contributed by atoms with Gasteiger partial charge in [0.1, 0.15) is 0 Å². The monoisotopic (exact) mass is 188 g/mol. The quantitative estimate of drug-likeness (QED) is 0.566. The number of nitrogens with zero attached hydrogens (tertiary/aromatic N) is 1. The lowest BCUT2D eigenvalue weighted by atomic mass is 9.98. The van der Waals surface area contributed by atoms with Gasteiger partial charge in [-0.3, -0.25) is 4.90 Å². The van der Waals surface area contributed by atoms with Crippen LogP contribution in [0.5, 0.6) is 0 Å². The van der Waals surface area contributed by atoms with E-state index in [2.05, 4.69) is 17.5 Å². The number of benzene rings is 1. The van der Waals surface area contributed by atoms with Crippen molar-refractivity contribution in [2.75, 3.05) is 18.8 Å². The maximum absolute atomic E-state index is 5.92. The zero-order valence-corrected chi connectivity index (χ0v) is 8.37. The fourth-order valence-corrected chi connectivity index (χ4v) is 2.04. The van der Waals surface area contributed by atoms with Gasteiger partial charge in [0.15, 0.2) is 0 Å². The summed E-state index contributed by atoms with van der Waals surface area (Å²) in [5.74, 6) is 0. The van der Waals surface area contributed by atoms with Crippen LogP contribution in [-0.2, 0) is 13.0 Å². The molecular formula is C12H16N2. The van der Waals surface area contributed by atoms with Gasteiger partial charge in [0.25, 0.3) is 0 Å². The first-order valence-corrected chi connectivity index (χ1v) is 5.00. The average molecular weight is 188 g/mol. The minimum Gasteiger partial charge on any atom is -0.398 e. The van der Waals surface area contributed by atoms with Gasteiger partial charge in [-0.2, -0.15) is 0 Å². The van der Waals surface area contributed by atoms with Gasteiger partial charge in [0, 0.05) is 25.3 Å². The van der Waals surface area contributed by atoms with E-state index < -0.39 is 0 Å². The molecule has 0 fully saturated rings. The van der Waals surface area contributed by atoms with E-state index in [0.29, 0.717) is 0 Å². The Kier molecular flexibility index (Phi) is 2.55. The first-order valence-electron chi connectivity index (χ1n) is 5.00. The Morgan fingerprint density at radius 2 is 2.36 bits per heavy atom. The predicted octanol–water partition coefficient (Wildman–Crippen LogP) is 1.81. The zero-order chi connectivity index (χ0) is 9.97. The molecule has 0 aromatic heterocycles. The van der Waals surface area contributed by atoms with Crippen LogP contribution in [0, 0.1) is 0 Å². The second kappa shape index (κ2) is 3.84. The maximum atomic E-state index is 5.92. The summed E-state index contributed by atoms with van der Waals surface area (Å²) in [7, 11) is 0. The molecule has 1 aliphatic heterocycles. The summed E-state index contributed by atoms with van der Waals surface area (Å²) in [6, 6.07) is 6.19. The third kappa shape index (κ3) is 1.66. The maximum Gasteiger partial charge on any atom is 0.0350 e. The number of rotatable bonds is 2. The van der Waals surface area contributed by atoms with Crippen LogP contribution >= 0.6 is 0 Å². The first-order chi connectivity index (χ1) is 6.81. The van der Waals surface area contributed by atoms with E-state index in [4.69, 9.17) is 5.73 Å². The molecule has 74 valence electrons. The molecule has 0 radical (unpaired) electrons. The van der Waals surface area contributed by atoms with Crippen molar-refractivity contribution < 1.29 is 0 Å². The third-order valence-electron chi connectivity index (χ3n) is 2.77. The molecule has 1 aromatic carbocycles. The molecule has 0 saturated heterocycles. The Balaban J connectivity index is 2.22. The molecule has 0 spiro atoms. The van der Waals surface area contributed by atoms with Gasteiger partial charge in [0.2, 0.25) is 0 Å². The van der Waals surface area contributed by atoms with Crippen molar-refractivity contribution >= 4 is 5.69 Å². The molecule has 0 saturated carbocycles. The smallest absolute Gasteiger partial charge is 0.0350 e. The highest BCUT2D eigenvalue weighted by Gasteiger charge is 2.16. The Hall–Kier alpha value is -1.28. The molecule has 1 heterocycles. The highest BCUT2D eigenvalue weighted by atomic mass is 15.1. The van der Waals surface area contributed by atoms with Crippen molar-refractivity contribution in [1.82, 2.24) is 4.90 Å². The van der Waals surface area contributed by atoms with Crippen molar-refractivity contribution in [1.29, 1.82) is 0 Å². The van der Waals surface area contributed by atoms with Crippen molar-refractivity contribution in [2.45, 2.75) is 13.0 Å². The molecule has 0 bridgehead atoms. The summed E-state index contributed by atoms with van der Waals surface area (Å²) in [6.45, 7) is 6.83. The van der Waals surface area contributed by atoms with Crippen LogP contribution in [0.15, 0.2) is 30.9 Å². The lowest BCUT2D eigenvalue weighted by molar-refractivity contribution is 0.282. The molecule has 0 amide bonds. The molecule has 0 unspecified atom stereocenters. The van der Waals surface area contributed by atoms with E-state index in [-0.39, 0.29) is 0 Å². The normalized spacial score (nSPS) is 16.3. The fraction of sp³-hybridized carbons (Fsp3) is 0.333. The summed E-state index contributed by atoms with van der Waals surface area (Å²) >= 11 is 0. The van der Waals surface area contributed by atoms with Crippen LogP contribution in [0.1, 0.15) is 11.1 Å². The van der Waals surface area contributed by atoms with Gasteiger partial charge < -0.3 is 5.73 Å². The summed E-state index contributed by atoms with van der Waals surface area (Å²) in [6.07, 6.45) is 3.02. The Bertz CT molecular complexity index is 344. The van der Waals surface area contributed by atoms with Gasteiger partial charge in [-0.15, -0.1) is 6.58 Å². The summed E-state index contributed by atoms with van der Waals surface area (Å²) in [5.41, 5.74) is 9.58. The number of fused-ring (bicyclic) bond motifs is 1. The second-order valence-electron chi connectivity index (χ2n) is 3.76. The lowest BCUT2D eigenvalue weighted by Gasteiger charge is -2.28. The number of hydrogen-bond donors (Lipinski definition) is 1. The van der Waals surface area contributed by atoms with E-state index in [9.17, 15) is 0 Å². The van der Waals surface area contributed by atoms with Gasteiger partial charge in [-0.1, -0.05) is 18.2 Å². The van der Waals surface area contributed by atoms with E-state index in [1.54, 1.807) is 0 Å².